The molecule has 0 saturated carbocycles. The van der Waals surface area contributed by atoms with Crippen LogP contribution in [-0.4, -0.2) is 17.6 Å². The Morgan fingerprint density at radius 1 is 1.29 bits per heavy atom. The normalized spacial score (nSPS) is 11.6. The molecule has 7 heteroatoms. The van der Waals surface area contributed by atoms with E-state index in [-0.39, 0.29) is 5.84 Å². The van der Waals surface area contributed by atoms with Crippen molar-refractivity contribution in [2.75, 3.05) is 11.9 Å². The van der Waals surface area contributed by atoms with E-state index in [2.05, 4.69) is 58.3 Å². The van der Waals surface area contributed by atoms with E-state index < -0.39 is 0 Å². The van der Waals surface area contributed by atoms with E-state index in [0.29, 0.717) is 6.42 Å². The molecule has 0 saturated heterocycles. The molecular weight excluding hydrogens is 418 g/mol. The van der Waals surface area contributed by atoms with Crippen LogP contribution in [0.1, 0.15) is 12.8 Å². The van der Waals surface area contributed by atoms with Gasteiger partial charge in [-0.25, -0.2) is 0 Å². The molecular formula is C10H12Br3N3O. The second kappa shape index (κ2) is 7.23. The van der Waals surface area contributed by atoms with E-state index in [0.717, 1.165) is 32.1 Å². The van der Waals surface area contributed by atoms with Crippen molar-refractivity contribution in [2.24, 2.45) is 10.9 Å². The Labute approximate surface area is 125 Å². The molecule has 0 aliphatic heterocycles. The number of anilines is 1. The molecule has 0 atom stereocenters. The zero-order valence-corrected chi connectivity index (χ0v) is 13.6. The maximum Gasteiger partial charge on any atom is 0.139 e. The van der Waals surface area contributed by atoms with E-state index in [1.807, 2.05) is 12.1 Å². The Bertz CT molecular complexity index is 400. The van der Waals surface area contributed by atoms with Crippen molar-refractivity contribution in [1.82, 2.24) is 0 Å². The van der Waals surface area contributed by atoms with Crippen LogP contribution in [0.25, 0.3) is 0 Å². The Morgan fingerprint density at radius 2 is 1.88 bits per heavy atom. The highest BCUT2D eigenvalue weighted by molar-refractivity contribution is 9.11. The third kappa shape index (κ3) is 4.85. The number of nitrogens with zero attached hydrogens (tertiary/aromatic N) is 1. The standard InChI is InChI=1S/C10H12Br3N3O/c11-6-4-7(12)10(8(13)5-6)15-3-1-2-9(14)16-17/h4-5,15,17H,1-3H2,(H2,14,16). The van der Waals surface area contributed by atoms with Gasteiger partial charge in [0.15, 0.2) is 0 Å². The summed E-state index contributed by atoms with van der Waals surface area (Å²) >= 11 is 10.4. The minimum Gasteiger partial charge on any atom is -0.409 e. The van der Waals surface area contributed by atoms with E-state index in [4.69, 9.17) is 10.9 Å². The lowest BCUT2D eigenvalue weighted by Crippen LogP contribution is -2.13. The van der Waals surface area contributed by atoms with Crippen molar-refractivity contribution in [3.05, 3.63) is 25.6 Å². The van der Waals surface area contributed by atoms with Crippen molar-refractivity contribution in [2.45, 2.75) is 12.8 Å². The van der Waals surface area contributed by atoms with Gasteiger partial charge in [0.05, 0.1) is 5.69 Å². The number of hydrogen-bond donors (Lipinski definition) is 3. The van der Waals surface area contributed by atoms with Crippen LogP contribution < -0.4 is 11.1 Å². The van der Waals surface area contributed by atoms with Crippen LogP contribution >= 0.6 is 47.8 Å². The monoisotopic (exact) mass is 427 g/mol. The summed E-state index contributed by atoms with van der Waals surface area (Å²) in [6, 6.07) is 3.94. The van der Waals surface area contributed by atoms with E-state index in [1.54, 1.807) is 0 Å². The van der Waals surface area contributed by atoms with Crippen molar-refractivity contribution in [3.63, 3.8) is 0 Å². The SMILES string of the molecule is NC(CCCNc1c(Br)cc(Br)cc1Br)=NO. The lowest BCUT2D eigenvalue weighted by atomic mass is 10.2. The summed E-state index contributed by atoms with van der Waals surface area (Å²) in [4.78, 5) is 0. The molecule has 0 radical (unpaired) electrons. The molecule has 17 heavy (non-hydrogen) atoms. The second-order valence-electron chi connectivity index (χ2n) is 3.37. The van der Waals surface area contributed by atoms with Crippen LogP contribution in [0.4, 0.5) is 5.69 Å². The molecule has 0 spiro atoms. The highest BCUT2D eigenvalue weighted by Crippen LogP contribution is 2.34. The van der Waals surface area contributed by atoms with Gasteiger partial charge in [-0.15, -0.1) is 0 Å². The zero-order valence-electron chi connectivity index (χ0n) is 8.88. The van der Waals surface area contributed by atoms with Crippen LogP contribution in [0, 0.1) is 0 Å². The fourth-order valence-electron chi connectivity index (χ4n) is 1.24. The van der Waals surface area contributed by atoms with E-state index >= 15 is 0 Å². The van der Waals surface area contributed by atoms with Crippen molar-refractivity contribution < 1.29 is 5.21 Å². The lowest BCUT2D eigenvalue weighted by molar-refractivity contribution is 0.316. The molecule has 4 nitrogen and oxygen atoms in total. The highest BCUT2D eigenvalue weighted by atomic mass is 79.9. The van der Waals surface area contributed by atoms with Gasteiger partial charge >= 0.3 is 0 Å². The number of oxime groups is 1. The van der Waals surface area contributed by atoms with Gasteiger partial charge in [-0.3, -0.25) is 0 Å². The van der Waals surface area contributed by atoms with E-state index in [1.165, 1.54) is 0 Å². The first-order valence-corrected chi connectivity index (χ1v) is 7.27. The number of benzene rings is 1. The number of hydrogen-bond acceptors (Lipinski definition) is 3. The smallest absolute Gasteiger partial charge is 0.139 e. The van der Waals surface area contributed by atoms with Gasteiger partial charge in [-0.1, -0.05) is 21.1 Å². The fourth-order valence-corrected chi connectivity index (χ4v) is 3.78. The van der Waals surface area contributed by atoms with Crippen LogP contribution in [-0.2, 0) is 0 Å². The molecule has 0 fully saturated rings. The average Bonchev–Trinajstić information content (AvgIpc) is 2.26. The predicted molar refractivity (Wildman–Crippen MR) is 80.7 cm³/mol. The van der Waals surface area contributed by atoms with E-state index in [9.17, 15) is 0 Å². The minimum absolute atomic E-state index is 0.251. The van der Waals surface area contributed by atoms with Crippen LogP contribution in [0.3, 0.4) is 0 Å². The highest BCUT2D eigenvalue weighted by Gasteiger charge is 2.06. The summed E-state index contributed by atoms with van der Waals surface area (Å²) in [6.07, 6.45) is 1.36. The molecule has 94 valence electrons. The molecule has 0 bridgehead atoms. The Morgan fingerprint density at radius 3 is 2.41 bits per heavy atom. The quantitative estimate of drug-likeness (QED) is 0.218. The minimum atomic E-state index is 0.251. The molecule has 1 aromatic rings. The third-order valence-corrected chi connectivity index (χ3v) is 3.76. The van der Waals surface area contributed by atoms with Crippen LogP contribution in [0.15, 0.2) is 30.7 Å². The van der Waals surface area contributed by atoms with Crippen molar-refractivity contribution in [1.29, 1.82) is 0 Å². The first kappa shape index (κ1) is 14.8. The second-order valence-corrected chi connectivity index (χ2v) is 5.99. The average molecular weight is 430 g/mol. The molecule has 0 unspecified atom stereocenters. The summed E-state index contributed by atoms with van der Waals surface area (Å²) < 4.78 is 2.95. The summed E-state index contributed by atoms with van der Waals surface area (Å²) in [5.41, 5.74) is 6.37. The first-order valence-electron chi connectivity index (χ1n) is 4.89. The van der Waals surface area contributed by atoms with Gasteiger partial charge in [-0.05, 0) is 50.4 Å². The molecule has 0 aliphatic rings. The molecule has 0 aromatic heterocycles. The number of nitrogens with one attached hydrogen (secondary N) is 1. The van der Waals surface area contributed by atoms with Crippen molar-refractivity contribution >= 4 is 59.3 Å². The van der Waals surface area contributed by atoms with Gasteiger partial charge < -0.3 is 16.3 Å². The van der Waals surface area contributed by atoms with Gasteiger partial charge in [0.25, 0.3) is 0 Å². The number of amidine groups is 1. The zero-order chi connectivity index (χ0) is 12.8. The van der Waals surface area contributed by atoms with Crippen molar-refractivity contribution in [3.8, 4) is 0 Å². The topological polar surface area (TPSA) is 70.6 Å². The number of nitrogens with two attached hydrogens (primary N) is 1. The van der Waals surface area contributed by atoms with Crippen LogP contribution in [0.5, 0.6) is 0 Å². The molecule has 4 N–H and O–H groups in total. The predicted octanol–water partition coefficient (Wildman–Crippen LogP) is 3.91. The molecule has 0 heterocycles. The molecule has 1 rings (SSSR count). The fraction of sp³-hybridized carbons (Fsp3) is 0.300. The summed E-state index contributed by atoms with van der Waals surface area (Å²) in [7, 11) is 0. The van der Waals surface area contributed by atoms with Gasteiger partial charge in [-0.2, -0.15) is 0 Å². The number of halogens is 3. The Hall–Kier alpha value is -0.270. The number of rotatable bonds is 5. The summed E-state index contributed by atoms with van der Waals surface area (Å²) in [5, 5.41) is 14.6. The summed E-state index contributed by atoms with van der Waals surface area (Å²) in [5.74, 6) is 0.251. The first-order chi connectivity index (χ1) is 8.04. The van der Waals surface area contributed by atoms with Gasteiger partial charge in [0.2, 0.25) is 0 Å². The molecule has 0 amide bonds. The van der Waals surface area contributed by atoms with Gasteiger partial charge in [0.1, 0.15) is 5.84 Å². The van der Waals surface area contributed by atoms with Gasteiger partial charge in [0, 0.05) is 26.4 Å². The van der Waals surface area contributed by atoms with Crippen LogP contribution in [0.2, 0.25) is 0 Å². The largest absolute Gasteiger partial charge is 0.409 e. The molecule has 0 aliphatic carbocycles. The lowest BCUT2D eigenvalue weighted by Gasteiger charge is -2.11. The Kier molecular flexibility index (Phi) is 6.29. The maximum absolute atomic E-state index is 8.39. The maximum atomic E-state index is 8.39. The Balaban J connectivity index is 2.52. The third-order valence-electron chi connectivity index (χ3n) is 2.05. The molecule has 1 aromatic carbocycles. The summed E-state index contributed by atoms with van der Waals surface area (Å²) in [6.45, 7) is 0.745.